The average Bonchev–Trinajstić information content (AvgIpc) is 3.07. The fourth-order valence-corrected chi connectivity index (χ4v) is 3.48. The van der Waals surface area contributed by atoms with E-state index in [4.69, 9.17) is 5.11 Å². The molecular weight excluding hydrogens is 282 g/mol. The molecule has 2 aromatic rings. The summed E-state index contributed by atoms with van der Waals surface area (Å²) in [7, 11) is 0. The molecule has 116 valence electrons. The first kappa shape index (κ1) is 14.6. The zero-order valence-corrected chi connectivity index (χ0v) is 12.5. The summed E-state index contributed by atoms with van der Waals surface area (Å²) < 4.78 is 1.64. The van der Waals surface area contributed by atoms with Gasteiger partial charge in [0, 0.05) is 17.0 Å². The molecule has 1 aliphatic rings. The van der Waals surface area contributed by atoms with Gasteiger partial charge in [0.15, 0.2) is 0 Å². The Morgan fingerprint density at radius 3 is 2.59 bits per heavy atom. The summed E-state index contributed by atoms with van der Waals surface area (Å²) in [6, 6.07) is 4.76. The van der Waals surface area contributed by atoms with Crippen LogP contribution >= 0.6 is 0 Å². The second-order valence-corrected chi connectivity index (χ2v) is 5.99. The number of fused-ring (bicyclic) bond motifs is 1. The number of aromatic hydroxyl groups is 1. The normalized spacial score (nSPS) is 15.5. The van der Waals surface area contributed by atoms with Gasteiger partial charge in [0.05, 0.1) is 11.9 Å². The number of rotatable bonds is 3. The first-order chi connectivity index (χ1) is 10.5. The third-order valence-electron chi connectivity index (χ3n) is 4.57. The smallest absolute Gasteiger partial charge is 0.307 e. The Hall–Kier alpha value is -2.30. The number of carbonyl (C=O) groups is 2. The lowest BCUT2D eigenvalue weighted by molar-refractivity contribution is -0.136. The lowest BCUT2D eigenvalue weighted by Gasteiger charge is -2.12. The van der Waals surface area contributed by atoms with Crippen LogP contribution < -0.4 is 0 Å². The molecule has 0 saturated heterocycles. The summed E-state index contributed by atoms with van der Waals surface area (Å²) in [6.07, 6.45) is 3.76. The van der Waals surface area contributed by atoms with Crippen LogP contribution in [0.3, 0.4) is 0 Å². The topological polar surface area (TPSA) is 79.5 Å². The van der Waals surface area contributed by atoms with Crippen LogP contribution in [0, 0.1) is 12.8 Å². The number of benzene rings is 1. The largest absolute Gasteiger partial charge is 0.508 e. The van der Waals surface area contributed by atoms with E-state index in [2.05, 4.69) is 0 Å². The Morgan fingerprint density at radius 2 is 1.95 bits per heavy atom. The van der Waals surface area contributed by atoms with Crippen molar-refractivity contribution in [3.05, 3.63) is 29.5 Å². The lowest BCUT2D eigenvalue weighted by atomic mass is 10.1. The van der Waals surface area contributed by atoms with E-state index in [9.17, 15) is 14.7 Å². The second-order valence-electron chi connectivity index (χ2n) is 5.99. The SMILES string of the molecule is Cc1c(CC(=O)O)c2cc(O)ccc2n1C(=O)C1CCCC1. The molecule has 22 heavy (non-hydrogen) atoms. The third-order valence-corrected chi connectivity index (χ3v) is 4.57. The highest BCUT2D eigenvalue weighted by atomic mass is 16.4. The number of phenols is 1. The summed E-state index contributed by atoms with van der Waals surface area (Å²) in [5.74, 6) is -0.813. The molecule has 0 atom stereocenters. The van der Waals surface area contributed by atoms with Gasteiger partial charge in [0.1, 0.15) is 5.75 Å². The molecule has 1 saturated carbocycles. The number of aliphatic carboxylic acids is 1. The van der Waals surface area contributed by atoms with Crippen LogP contribution in [0.1, 0.15) is 41.7 Å². The maximum atomic E-state index is 12.8. The Labute approximate surface area is 128 Å². The minimum atomic E-state index is -0.946. The predicted octanol–water partition coefficient (Wildman–Crippen LogP) is 3.11. The average molecular weight is 301 g/mol. The molecule has 3 rings (SSSR count). The van der Waals surface area contributed by atoms with Gasteiger partial charge in [-0.2, -0.15) is 0 Å². The highest BCUT2D eigenvalue weighted by Gasteiger charge is 2.28. The van der Waals surface area contributed by atoms with Gasteiger partial charge in [-0.05, 0) is 43.5 Å². The molecule has 1 aliphatic carbocycles. The molecule has 0 radical (unpaired) electrons. The highest BCUT2D eigenvalue weighted by Crippen LogP contribution is 2.33. The van der Waals surface area contributed by atoms with Crippen molar-refractivity contribution in [2.45, 2.75) is 39.0 Å². The molecule has 0 aliphatic heterocycles. The zero-order chi connectivity index (χ0) is 15.9. The van der Waals surface area contributed by atoms with Crippen molar-refractivity contribution in [1.29, 1.82) is 0 Å². The number of carboxylic acid groups (broad SMARTS) is 1. The molecule has 1 heterocycles. The Morgan fingerprint density at radius 1 is 1.27 bits per heavy atom. The van der Waals surface area contributed by atoms with Crippen LogP contribution in [0.4, 0.5) is 0 Å². The predicted molar refractivity (Wildman–Crippen MR) is 82.3 cm³/mol. The van der Waals surface area contributed by atoms with Gasteiger partial charge in [-0.15, -0.1) is 0 Å². The van der Waals surface area contributed by atoms with Gasteiger partial charge in [0.25, 0.3) is 0 Å². The molecule has 2 N–H and O–H groups in total. The van der Waals surface area contributed by atoms with Gasteiger partial charge < -0.3 is 10.2 Å². The molecule has 0 bridgehead atoms. The molecule has 1 aromatic carbocycles. The molecule has 1 fully saturated rings. The van der Waals surface area contributed by atoms with Gasteiger partial charge in [-0.1, -0.05) is 12.8 Å². The van der Waals surface area contributed by atoms with Gasteiger partial charge >= 0.3 is 5.97 Å². The fraction of sp³-hybridized carbons (Fsp3) is 0.412. The number of hydrogen-bond donors (Lipinski definition) is 2. The van der Waals surface area contributed by atoms with E-state index < -0.39 is 5.97 Å². The zero-order valence-electron chi connectivity index (χ0n) is 12.5. The Balaban J connectivity index is 2.18. The van der Waals surface area contributed by atoms with E-state index in [0.717, 1.165) is 25.7 Å². The first-order valence-corrected chi connectivity index (χ1v) is 7.58. The monoisotopic (exact) mass is 301 g/mol. The van der Waals surface area contributed by atoms with Crippen LogP contribution in [-0.2, 0) is 11.2 Å². The standard InChI is InChI=1S/C17H19NO4/c1-10-13(9-16(20)21)14-8-12(19)6-7-15(14)18(10)17(22)11-4-2-3-5-11/h6-8,11,19H,2-5,9H2,1H3,(H,20,21). The molecule has 0 unspecified atom stereocenters. The number of aromatic nitrogens is 1. The van der Waals surface area contributed by atoms with Gasteiger partial charge in [0.2, 0.25) is 5.91 Å². The van der Waals surface area contributed by atoms with Crippen molar-refractivity contribution in [2.75, 3.05) is 0 Å². The Kier molecular flexibility index (Phi) is 3.64. The van der Waals surface area contributed by atoms with Crippen LogP contribution in [0.5, 0.6) is 5.75 Å². The van der Waals surface area contributed by atoms with E-state index in [-0.39, 0.29) is 24.0 Å². The maximum Gasteiger partial charge on any atom is 0.307 e. The maximum absolute atomic E-state index is 12.8. The summed E-state index contributed by atoms with van der Waals surface area (Å²) in [5.41, 5.74) is 1.95. The van der Waals surface area contributed by atoms with Crippen LogP contribution in [0.25, 0.3) is 10.9 Å². The van der Waals surface area contributed by atoms with E-state index in [1.165, 1.54) is 6.07 Å². The lowest BCUT2D eigenvalue weighted by Crippen LogP contribution is -2.20. The van der Waals surface area contributed by atoms with E-state index in [1.54, 1.807) is 23.6 Å². The number of carbonyl (C=O) groups excluding carboxylic acids is 1. The Bertz CT molecular complexity index is 754. The van der Waals surface area contributed by atoms with Crippen LogP contribution in [0.15, 0.2) is 18.2 Å². The van der Waals surface area contributed by atoms with Gasteiger partial charge in [-0.25, -0.2) is 0 Å². The van der Waals surface area contributed by atoms with Gasteiger partial charge in [-0.3, -0.25) is 14.2 Å². The molecule has 5 heteroatoms. The van der Waals surface area contributed by atoms with Crippen molar-refractivity contribution in [3.63, 3.8) is 0 Å². The van der Waals surface area contributed by atoms with Crippen LogP contribution in [-0.4, -0.2) is 26.7 Å². The fourth-order valence-electron chi connectivity index (χ4n) is 3.48. The highest BCUT2D eigenvalue weighted by molar-refractivity contribution is 5.98. The number of hydrogen-bond acceptors (Lipinski definition) is 3. The molecule has 0 amide bonds. The van der Waals surface area contributed by atoms with E-state index >= 15 is 0 Å². The van der Waals surface area contributed by atoms with Crippen molar-refractivity contribution < 1.29 is 19.8 Å². The second kappa shape index (κ2) is 5.48. The third kappa shape index (κ3) is 2.36. The van der Waals surface area contributed by atoms with Crippen molar-refractivity contribution in [2.24, 2.45) is 5.92 Å². The summed E-state index contributed by atoms with van der Waals surface area (Å²) >= 11 is 0. The molecule has 0 spiro atoms. The molecule has 1 aromatic heterocycles. The quantitative estimate of drug-likeness (QED) is 0.913. The summed E-state index contributed by atoms with van der Waals surface area (Å²) in [5, 5.41) is 19.5. The molecular formula is C17H19NO4. The van der Waals surface area contributed by atoms with Crippen molar-refractivity contribution in [3.8, 4) is 5.75 Å². The van der Waals surface area contributed by atoms with Crippen molar-refractivity contribution >= 4 is 22.8 Å². The van der Waals surface area contributed by atoms with Crippen LogP contribution in [0.2, 0.25) is 0 Å². The number of carboxylic acids is 1. The summed E-state index contributed by atoms with van der Waals surface area (Å²) in [6.45, 7) is 1.78. The molecule has 5 nitrogen and oxygen atoms in total. The summed E-state index contributed by atoms with van der Waals surface area (Å²) in [4.78, 5) is 23.9. The minimum Gasteiger partial charge on any atom is -0.508 e. The van der Waals surface area contributed by atoms with Crippen molar-refractivity contribution in [1.82, 2.24) is 4.57 Å². The number of nitrogens with zero attached hydrogens (tertiary/aromatic N) is 1. The van der Waals surface area contributed by atoms with E-state index in [1.807, 2.05) is 0 Å². The minimum absolute atomic E-state index is 0.0146. The number of phenolic OH excluding ortho intramolecular Hbond substituents is 1. The first-order valence-electron chi connectivity index (χ1n) is 7.58. The van der Waals surface area contributed by atoms with E-state index in [0.29, 0.717) is 22.2 Å².